The number of hydrogen-bond acceptors (Lipinski definition) is 2. The monoisotopic (exact) mass is 312 g/mol. The molecule has 118 valence electrons. The van der Waals surface area contributed by atoms with Crippen LogP contribution in [0.5, 0.6) is 0 Å². The van der Waals surface area contributed by atoms with E-state index in [0.717, 1.165) is 23.3 Å². The van der Waals surface area contributed by atoms with Crippen LogP contribution in [0.4, 0.5) is 8.78 Å². The van der Waals surface area contributed by atoms with Crippen LogP contribution in [0.25, 0.3) is 0 Å². The van der Waals surface area contributed by atoms with E-state index in [9.17, 15) is 8.78 Å². The van der Waals surface area contributed by atoms with Crippen molar-refractivity contribution >= 4 is 5.71 Å². The van der Waals surface area contributed by atoms with E-state index < -0.39 is 6.17 Å². The molecule has 2 heterocycles. The Hall–Kier alpha value is -2.07. The summed E-state index contributed by atoms with van der Waals surface area (Å²) in [5, 5.41) is 3.11. The summed E-state index contributed by atoms with van der Waals surface area (Å²) in [6.07, 6.45) is -0.100. The molecule has 1 N–H and O–H groups in total. The fourth-order valence-electron chi connectivity index (χ4n) is 3.56. The van der Waals surface area contributed by atoms with Crippen LogP contribution in [0.3, 0.4) is 0 Å². The molecule has 1 unspecified atom stereocenters. The minimum Gasteiger partial charge on any atom is -0.313 e. The minimum atomic E-state index is -0.858. The lowest BCUT2D eigenvalue weighted by molar-refractivity contribution is 0.252. The second kappa shape index (κ2) is 5.85. The van der Waals surface area contributed by atoms with Crippen LogP contribution in [0, 0.1) is 11.7 Å². The molecule has 0 amide bonds. The summed E-state index contributed by atoms with van der Waals surface area (Å²) in [6, 6.07) is 14.4. The van der Waals surface area contributed by atoms with Gasteiger partial charge in [0.25, 0.3) is 0 Å². The molecule has 1 saturated heterocycles. The maximum atomic E-state index is 14.1. The molecule has 0 aliphatic carbocycles. The number of halogens is 2. The number of benzene rings is 2. The molecule has 2 aromatic carbocycles. The fraction of sp³-hybridized carbons (Fsp3) is 0.316. The van der Waals surface area contributed by atoms with Gasteiger partial charge in [0.05, 0.1) is 11.8 Å². The van der Waals surface area contributed by atoms with Crippen molar-refractivity contribution in [2.24, 2.45) is 10.9 Å². The molecule has 4 rings (SSSR count). The smallest absolute Gasteiger partial charge is 0.123 e. The van der Waals surface area contributed by atoms with Gasteiger partial charge in [0.2, 0.25) is 0 Å². The van der Waals surface area contributed by atoms with Gasteiger partial charge in [-0.05, 0) is 36.2 Å². The van der Waals surface area contributed by atoms with Crippen LogP contribution in [-0.4, -0.2) is 31.0 Å². The van der Waals surface area contributed by atoms with Gasteiger partial charge in [-0.2, -0.15) is 0 Å². The standard InChI is InChI=1S/C19H18F2N2/c20-14-7-5-12(6-8-14)19-15-4-2-1-3-13(15)9-18(23-19)16-10-22-11-17(16)21/h1-8,16-18,22H,9-11H2/t16?,17-,18+/m1/s1. The number of fused-ring (bicyclic) bond motifs is 1. The highest BCUT2D eigenvalue weighted by Gasteiger charge is 2.36. The lowest BCUT2D eigenvalue weighted by Crippen LogP contribution is -2.33. The molecule has 2 nitrogen and oxygen atoms in total. The van der Waals surface area contributed by atoms with Crippen LogP contribution < -0.4 is 5.32 Å². The third-order valence-electron chi connectivity index (χ3n) is 4.79. The predicted octanol–water partition coefficient (Wildman–Crippen LogP) is 3.15. The van der Waals surface area contributed by atoms with Crippen molar-refractivity contribution < 1.29 is 8.78 Å². The van der Waals surface area contributed by atoms with Gasteiger partial charge < -0.3 is 5.32 Å². The Morgan fingerprint density at radius 3 is 2.52 bits per heavy atom. The zero-order valence-corrected chi connectivity index (χ0v) is 12.7. The molecule has 0 radical (unpaired) electrons. The van der Waals surface area contributed by atoms with E-state index in [1.807, 2.05) is 18.2 Å². The van der Waals surface area contributed by atoms with E-state index >= 15 is 0 Å². The first-order valence-electron chi connectivity index (χ1n) is 7.99. The van der Waals surface area contributed by atoms with E-state index in [-0.39, 0.29) is 17.8 Å². The highest BCUT2D eigenvalue weighted by molar-refractivity contribution is 6.14. The molecule has 23 heavy (non-hydrogen) atoms. The summed E-state index contributed by atoms with van der Waals surface area (Å²) >= 11 is 0. The Morgan fingerprint density at radius 2 is 1.78 bits per heavy atom. The molecule has 0 aromatic heterocycles. The summed E-state index contributed by atoms with van der Waals surface area (Å²) in [6.45, 7) is 1.07. The maximum Gasteiger partial charge on any atom is 0.123 e. The summed E-state index contributed by atoms with van der Waals surface area (Å²) in [4.78, 5) is 4.87. The Kier molecular flexibility index (Phi) is 3.69. The fourth-order valence-corrected chi connectivity index (χ4v) is 3.56. The summed E-state index contributed by atoms with van der Waals surface area (Å²) in [7, 11) is 0. The molecule has 4 heteroatoms. The average molecular weight is 312 g/mol. The van der Waals surface area contributed by atoms with E-state index in [2.05, 4.69) is 11.4 Å². The van der Waals surface area contributed by atoms with Gasteiger partial charge >= 0.3 is 0 Å². The quantitative estimate of drug-likeness (QED) is 0.905. The van der Waals surface area contributed by atoms with Gasteiger partial charge in [0.15, 0.2) is 0 Å². The molecular weight excluding hydrogens is 294 g/mol. The van der Waals surface area contributed by atoms with Crippen molar-refractivity contribution in [2.45, 2.75) is 18.6 Å². The largest absolute Gasteiger partial charge is 0.313 e. The molecule has 0 saturated carbocycles. The Morgan fingerprint density at radius 1 is 1.00 bits per heavy atom. The zero-order chi connectivity index (χ0) is 15.8. The molecular formula is C19H18F2N2. The summed E-state index contributed by atoms with van der Waals surface area (Å²) < 4.78 is 27.4. The van der Waals surface area contributed by atoms with Gasteiger partial charge in [-0.15, -0.1) is 0 Å². The minimum absolute atomic E-state index is 0.0741. The number of nitrogens with one attached hydrogen (secondary N) is 1. The van der Waals surface area contributed by atoms with Crippen LogP contribution >= 0.6 is 0 Å². The topological polar surface area (TPSA) is 24.4 Å². The lowest BCUT2D eigenvalue weighted by atomic mass is 9.85. The van der Waals surface area contributed by atoms with Crippen LogP contribution in [0.15, 0.2) is 53.5 Å². The van der Waals surface area contributed by atoms with Gasteiger partial charge in [0.1, 0.15) is 12.0 Å². The van der Waals surface area contributed by atoms with Crippen LogP contribution in [-0.2, 0) is 6.42 Å². The lowest BCUT2D eigenvalue weighted by Gasteiger charge is -2.28. The van der Waals surface area contributed by atoms with Crippen molar-refractivity contribution in [3.63, 3.8) is 0 Å². The molecule has 2 aliphatic rings. The van der Waals surface area contributed by atoms with Crippen molar-refractivity contribution in [1.29, 1.82) is 0 Å². The normalized spacial score (nSPS) is 26.7. The van der Waals surface area contributed by atoms with Crippen molar-refractivity contribution in [1.82, 2.24) is 5.32 Å². The Balaban J connectivity index is 1.78. The van der Waals surface area contributed by atoms with Gasteiger partial charge in [0, 0.05) is 30.1 Å². The molecule has 2 aliphatic heterocycles. The second-order valence-electron chi connectivity index (χ2n) is 6.25. The average Bonchev–Trinajstić information content (AvgIpc) is 3.01. The van der Waals surface area contributed by atoms with E-state index in [0.29, 0.717) is 13.1 Å². The van der Waals surface area contributed by atoms with Crippen LogP contribution in [0.1, 0.15) is 16.7 Å². The third kappa shape index (κ3) is 2.68. The summed E-state index contributed by atoms with van der Waals surface area (Å²) in [5.74, 6) is -0.363. The SMILES string of the molecule is Fc1ccc(C2=N[C@H](C3CNC[C@H]3F)Cc3ccccc32)cc1. The molecule has 2 aromatic rings. The number of hydrogen-bond donors (Lipinski definition) is 1. The van der Waals surface area contributed by atoms with E-state index in [1.54, 1.807) is 12.1 Å². The Labute approximate surface area is 134 Å². The predicted molar refractivity (Wildman–Crippen MR) is 87.2 cm³/mol. The molecule has 1 fully saturated rings. The van der Waals surface area contributed by atoms with Crippen molar-refractivity contribution in [2.75, 3.05) is 13.1 Å². The first-order chi connectivity index (χ1) is 11.2. The number of rotatable bonds is 2. The number of aliphatic imine (C=N–C) groups is 1. The number of alkyl halides is 1. The highest BCUT2D eigenvalue weighted by atomic mass is 19.1. The van der Waals surface area contributed by atoms with Gasteiger partial charge in [-0.1, -0.05) is 24.3 Å². The highest BCUT2D eigenvalue weighted by Crippen LogP contribution is 2.30. The van der Waals surface area contributed by atoms with Gasteiger partial charge in [-0.25, -0.2) is 8.78 Å². The van der Waals surface area contributed by atoms with E-state index in [4.69, 9.17) is 4.99 Å². The third-order valence-corrected chi connectivity index (χ3v) is 4.79. The van der Waals surface area contributed by atoms with Crippen LogP contribution in [0.2, 0.25) is 0 Å². The van der Waals surface area contributed by atoms with E-state index in [1.165, 1.54) is 17.7 Å². The second-order valence-corrected chi connectivity index (χ2v) is 6.25. The maximum absolute atomic E-state index is 14.1. The van der Waals surface area contributed by atoms with Crippen molar-refractivity contribution in [3.05, 3.63) is 71.0 Å². The number of nitrogens with zero attached hydrogens (tertiary/aromatic N) is 1. The molecule has 0 bridgehead atoms. The molecule has 3 atom stereocenters. The first kappa shape index (κ1) is 14.5. The summed E-state index contributed by atoms with van der Waals surface area (Å²) in [5.41, 5.74) is 3.98. The Bertz CT molecular complexity index is 739. The molecule has 0 spiro atoms. The van der Waals surface area contributed by atoms with Gasteiger partial charge in [-0.3, -0.25) is 4.99 Å². The van der Waals surface area contributed by atoms with Crippen molar-refractivity contribution in [3.8, 4) is 0 Å². The zero-order valence-electron chi connectivity index (χ0n) is 12.7. The first-order valence-corrected chi connectivity index (χ1v) is 7.99.